The van der Waals surface area contributed by atoms with Crippen LogP contribution in [0.1, 0.15) is 0 Å². The summed E-state index contributed by atoms with van der Waals surface area (Å²) in [5, 5.41) is 7.87. The number of nitrogens with zero attached hydrogens (tertiary/aromatic N) is 4. The number of fused-ring (bicyclic) bond motifs is 1. The third-order valence-electron chi connectivity index (χ3n) is 3.63. The minimum Gasteiger partial charge on any atom is -0.371 e. The van der Waals surface area contributed by atoms with Crippen LogP contribution in [0.3, 0.4) is 0 Å². The van der Waals surface area contributed by atoms with Gasteiger partial charge in [0.25, 0.3) is 0 Å². The quantitative estimate of drug-likeness (QED) is 0.612. The lowest BCUT2D eigenvalue weighted by molar-refractivity contribution is 0.948. The minimum absolute atomic E-state index is 0.813. The van der Waals surface area contributed by atoms with Crippen LogP contribution in [0.4, 0.5) is 5.82 Å². The number of hydrogen-bond donors (Lipinski definition) is 1. The van der Waals surface area contributed by atoms with Crippen LogP contribution in [-0.4, -0.2) is 26.6 Å². The summed E-state index contributed by atoms with van der Waals surface area (Å²) in [4.78, 5) is 10.9. The van der Waals surface area contributed by atoms with E-state index in [9.17, 15) is 0 Å². The Balaban J connectivity index is 1.89. The van der Waals surface area contributed by atoms with E-state index in [1.54, 1.807) is 18.0 Å². The van der Waals surface area contributed by atoms with Gasteiger partial charge in [-0.05, 0) is 30.3 Å². The van der Waals surface area contributed by atoms with E-state index in [0.717, 1.165) is 32.5 Å². The normalized spacial score (nSPS) is 10.9. The highest BCUT2D eigenvalue weighted by Gasteiger charge is 2.17. The Morgan fingerprint density at radius 2 is 1.88 bits per heavy atom. The van der Waals surface area contributed by atoms with Crippen molar-refractivity contribution in [2.45, 2.75) is 9.79 Å². The van der Waals surface area contributed by atoms with Crippen LogP contribution < -0.4 is 5.32 Å². The summed E-state index contributed by atoms with van der Waals surface area (Å²) in [6.45, 7) is 0. The highest BCUT2D eigenvalue weighted by atomic mass is 32.2. The van der Waals surface area contributed by atoms with Crippen LogP contribution >= 0.6 is 11.8 Å². The van der Waals surface area contributed by atoms with E-state index in [1.807, 2.05) is 60.4 Å². The third-order valence-corrected chi connectivity index (χ3v) is 4.72. The van der Waals surface area contributed by atoms with Gasteiger partial charge in [0, 0.05) is 36.1 Å². The molecule has 3 heterocycles. The molecule has 5 nitrogen and oxygen atoms in total. The van der Waals surface area contributed by atoms with Gasteiger partial charge in [0.1, 0.15) is 4.90 Å². The van der Waals surface area contributed by atoms with Gasteiger partial charge in [0.2, 0.25) is 0 Å². The lowest BCUT2D eigenvalue weighted by Gasteiger charge is -2.04. The third kappa shape index (κ3) is 2.61. The fourth-order valence-corrected chi connectivity index (χ4v) is 3.52. The average Bonchev–Trinajstić information content (AvgIpc) is 3.01. The Labute approximate surface area is 143 Å². The zero-order chi connectivity index (χ0) is 16.4. The van der Waals surface area contributed by atoms with Crippen LogP contribution in [0.25, 0.3) is 16.9 Å². The fourth-order valence-electron chi connectivity index (χ4n) is 2.52. The first kappa shape index (κ1) is 14.7. The standard InChI is InChI=1S/C18H15N5S/c1-19-17-16(24-14-7-3-2-4-8-14)18-21-11-9-15(23(18)22-17)13-6-5-10-20-12-13/h2-12H,1H3,(H,19,22). The van der Waals surface area contributed by atoms with Gasteiger partial charge in [0.15, 0.2) is 11.5 Å². The molecule has 0 aliphatic heterocycles. The summed E-state index contributed by atoms with van der Waals surface area (Å²) in [5.74, 6) is 0.813. The molecular weight excluding hydrogens is 318 g/mol. The van der Waals surface area contributed by atoms with Crippen molar-refractivity contribution in [3.63, 3.8) is 0 Å². The summed E-state index contributed by atoms with van der Waals surface area (Å²) in [6, 6.07) is 16.1. The van der Waals surface area contributed by atoms with Gasteiger partial charge in [-0.1, -0.05) is 30.0 Å². The SMILES string of the molecule is CNc1nn2c(-c3cccnc3)ccnc2c1Sc1ccccc1. The first-order valence-electron chi connectivity index (χ1n) is 7.55. The Kier molecular flexibility index (Phi) is 3.88. The molecule has 118 valence electrons. The predicted octanol–water partition coefficient (Wildman–Crippen LogP) is 3.98. The largest absolute Gasteiger partial charge is 0.371 e. The Morgan fingerprint density at radius 3 is 2.62 bits per heavy atom. The van der Waals surface area contributed by atoms with E-state index in [-0.39, 0.29) is 0 Å². The topological polar surface area (TPSA) is 55.1 Å². The molecule has 0 bridgehead atoms. The molecule has 3 aromatic heterocycles. The van der Waals surface area contributed by atoms with E-state index in [0.29, 0.717) is 0 Å². The van der Waals surface area contributed by atoms with Gasteiger partial charge < -0.3 is 5.32 Å². The zero-order valence-corrected chi connectivity index (χ0v) is 13.9. The van der Waals surface area contributed by atoms with Crippen LogP contribution in [0, 0.1) is 0 Å². The van der Waals surface area contributed by atoms with Crippen molar-refractivity contribution < 1.29 is 0 Å². The van der Waals surface area contributed by atoms with Crippen molar-refractivity contribution in [2.75, 3.05) is 12.4 Å². The molecule has 1 N–H and O–H groups in total. The van der Waals surface area contributed by atoms with Gasteiger partial charge in [-0.25, -0.2) is 9.50 Å². The monoisotopic (exact) mass is 333 g/mol. The molecule has 0 radical (unpaired) electrons. The molecule has 0 aliphatic rings. The van der Waals surface area contributed by atoms with Gasteiger partial charge in [-0.2, -0.15) is 0 Å². The molecule has 6 heteroatoms. The molecule has 4 aromatic rings. The molecule has 0 amide bonds. The van der Waals surface area contributed by atoms with E-state index in [2.05, 4.69) is 27.4 Å². The van der Waals surface area contributed by atoms with Crippen molar-refractivity contribution in [1.29, 1.82) is 0 Å². The maximum absolute atomic E-state index is 4.70. The van der Waals surface area contributed by atoms with Gasteiger partial charge in [-0.15, -0.1) is 5.10 Å². The molecule has 1 aromatic carbocycles. The molecule has 0 fully saturated rings. The van der Waals surface area contributed by atoms with Gasteiger partial charge in [0.05, 0.1) is 5.69 Å². The molecule has 4 rings (SSSR count). The lowest BCUT2D eigenvalue weighted by Crippen LogP contribution is -1.96. The average molecular weight is 333 g/mol. The van der Waals surface area contributed by atoms with Crippen molar-refractivity contribution >= 4 is 23.2 Å². The Bertz CT molecular complexity index is 967. The molecule has 0 saturated heterocycles. The van der Waals surface area contributed by atoms with Gasteiger partial charge >= 0.3 is 0 Å². The summed E-state index contributed by atoms with van der Waals surface area (Å²) in [7, 11) is 1.88. The molecule has 0 unspecified atom stereocenters. The first-order valence-corrected chi connectivity index (χ1v) is 8.37. The number of pyridine rings is 1. The molecule has 0 aliphatic carbocycles. The molecule has 0 atom stereocenters. The second-order valence-electron chi connectivity index (χ2n) is 5.15. The lowest BCUT2D eigenvalue weighted by atomic mass is 10.2. The van der Waals surface area contributed by atoms with E-state index in [4.69, 9.17) is 5.10 Å². The maximum Gasteiger partial charge on any atom is 0.172 e. The fraction of sp³-hybridized carbons (Fsp3) is 0.0556. The molecule has 0 spiro atoms. The number of benzene rings is 1. The summed E-state index contributed by atoms with van der Waals surface area (Å²) < 4.78 is 1.87. The van der Waals surface area contributed by atoms with Crippen molar-refractivity contribution in [3.8, 4) is 11.3 Å². The van der Waals surface area contributed by atoms with Gasteiger partial charge in [-0.3, -0.25) is 4.98 Å². The summed E-state index contributed by atoms with van der Waals surface area (Å²) in [6.07, 6.45) is 5.41. The second kappa shape index (κ2) is 6.33. The number of aromatic nitrogens is 4. The van der Waals surface area contributed by atoms with Crippen molar-refractivity contribution in [3.05, 3.63) is 67.1 Å². The maximum atomic E-state index is 4.70. The van der Waals surface area contributed by atoms with Crippen molar-refractivity contribution in [2.24, 2.45) is 0 Å². The molecule has 24 heavy (non-hydrogen) atoms. The second-order valence-corrected chi connectivity index (χ2v) is 6.23. The summed E-state index contributed by atoms with van der Waals surface area (Å²) >= 11 is 1.65. The van der Waals surface area contributed by atoms with Crippen molar-refractivity contribution in [1.82, 2.24) is 19.6 Å². The Hall–Kier alpha value is -2.86. The predicted molar refractivity (Wildman–Crippen MR) is 96.3 cm³/mol. The Morgan fingerprint density at radius 1 is 1.00 bits per heavy atom. The van der Waals surface area contributed by atoms with E-state index >= 15 is 0 Å². The van der Waals surface area contributed by atoms with Crippen LogP contribution in [-0.2, 0) is 0 Å². The van der Waals surface area contributed by atoms with Crippen LogP contribution in [0.5, 0.6) is 0 Å². The van der Waals surface area contributed by atoms with E-state index < -0.39 is 0 Å². The minimum atomic E-state index is 0.813. The zero-order valence-electron chi connectivity index (χ0n) is 13.0. The number of nitrogens with one attached hydrogen (secondary N) is 1. The van der Waals surface area contributed by atoms with Crippen LogP contribution in [0.15, 0.2) is 76.9 Å². The van der Waals surface area contributed by atoms with Crippen LogP contribution in [0.2, 0.25) is 0 Å². The first-order chi connectivity index (χ1) is 11.9. The number of hydrogen-bond acceptors (Lipinski definition) is 5. The highest BCUT2D eigenvalue weighted by molar-refractivity contribution is 7.99. The summed E-state index contributed by atoms with van der Waals surface area (Å²) in [5.41, 5.74) is 2.80. The van der Waals surface area contributed by atoms with E-state index in [1.165, 1.54) is 0 Å². The number of rotatable bonds is 4. The number of anilines is 1. The highest BCUT2D eigenvalue weighted by Crippen LogP contribution is 2.36. The molecule has 0 saturated carbocycles. The molecular formula is C18H15N5S. The smallest absolute Gasteiger partial charge is 0.172 e.